The lowest BCUT2D eigenvalue weighted by Gasteiger charge is -1.86. The summed E-state index contributed by atoms with van der Waals surface area (Å²) in [5, 5.41) is 1.98. The summed E-state index contributed by atoms with van der Waals surface area (Å²) in [5.41, 5.74) is 6.00. The molecule has 0 aromatic carbocycles. The van der Waals surface area contributed by atoms with Gasteiger partial charge in [-0.2, -0.15) is 0 Å². The van der Waals surface area contributed by atoms with Crippen molar-refractivity contribution in [2.45, 2.75) is 6.92 Å². The van der Waals surface area contributed by atoms with Crippen LogP contribution in [0.4, 0.5) is 0 Å². The quantitative estimate of drug-likeness (QED) is 0.667. The van der Waals surface area contributed by atoms with E-state index in [2.05, 4.69) is 0 Å². The minimum absolute atomic E-state index is 0.407. The second kappa shape index (κ2) is 3.34. The fourth-order valence-electron chi connectivity index (χ4n) is 0.740. The number of amides is 1. The maximum Gasteiger partial charge on any atom is 0.241 e. The first-order valence-corrected chi connectivity index (χ1v) is 4.09. The molecule has 0 radical (unpaired) electrons. The molecule has 0 spiro atoms. The summed E-state index contributed by atoms with van der Waals surface area (Å²) in [7, 11) is 0. The lowest BCUT2D eigenvalue weighted by Crippen LogP contribution is -2.04. The molecule has 2 N–H and O–H groups in total. The minimum atomic E-state index is -0.407. The van der Waals surface area contributed by atoms with E-state index in [1.54, 1.807) is 17.4 Å². The number of nitrogens with two attached hydrogens (primary N) is 1. The van der Waals surface area contributed by atoms with Gasteiger partial charge in [0, 0.05) is 11.0 Å². The predicted molar refractivity (Wildman–Crippen MR) is 47.3 cm³/mol. The molecule has 0 aliphatic heterocycles. The van der Waals surface area contributed by atoms with E-state index in [1.807, 2.05) is 18.4 Å². The lowest BCUT2D eigenvalue weighted by atomic mass is 10.2. The monoisotopic (exact) mass is 167 g/mol. The first kappa shape index (κ1) is 8.01. The Kier molecular flexibility index (Phi) is 2.44. The van der Waals surface area contributed by atoms with E-state index in [4.69, 9.17) is 5.73 Å². The van der Waals surface area contributed by atoms with Crippen LogP contribution in [0.25, 0.3) is 6.08 Å². The van der Waals surface area contributed by atoms with Crippen LogP contribution >= 0.6 is 11.3 Å². The number of hydrogen-bond donors (Lipinski definition) is 1. The largest absolute Gasteiger partial charge is 0.366 e. The second-order valence-corrected chi connectivity index (χ2v) is 3.29. The highest BCUT2D eigenvalue weighted by Gasteiger charge is 1.93. The van der Waals surface area contributed by atoms with E-state index in [-0.39, 0.29) is 0 Å². The van der Waals surface area contributed by atoms with Crippen molar-refractivity contribution in [1.29, 1.82) is 0 Å². The summed E-state index contributed by atoms with van der Waals surface area (Å²) < 4.78 is 0. The van der Waals surface area contributed by atoms with Gasteiger partial charge in [0.2, 0.25) is 5.91 Å². The topological polar surface area (TPSA) is 43.1 Å². The van der Waals surface area contributed by atoms with E-state index in [0.717, 1.165) is 5.56 Å². The molecule has 58 valence electrons. The molecule has 0 fully saturated rings. The summed E-state index contributed by atoms with van der Waals surface area (Å²) in [6, 6.07) is 1.96. The maximum absolute atomic E-state index is 10.3. The number of thiophene rings is 1. The van der Waals surface area contributed by atoms with Gasteiger partial charge >= 0.3 is 0 Å². The molecule has 1 heterocycles. The molecule has 0 aliphatic carbocycles. The highest BCUT2D eigenvalue weighted by atomic mass is 32.1. The van der Waals surface area contributed by atoms with Crippen LogP contribution in [0.5, 0.6) is 0 Å². The van der Waals surface area contributed by atoms with Crippen molar-refractivity contribution in [2.24, 2.45) is 5.73 Å². The van der Waals surface area contributed by atoms with E-state index in [1.165, 1.54) is 11.0 Å². The van der Waals surface area contributed by atoms with Gasteiger partial charge in [0.05, 0.1) is 0 Å². The van der Waals surface area contributed by atoms with Gasteiger partial charge in [-0.1, -0.05) is 0 Å². The van der Waals surface area contributed by atoms with Gasteiger partial charge in [-0.3, -0.25) is 4.79 Å². The highest BCUT2D eigenvalue weighted by Crippen LogP contribution is 2.15. The second-order valence-electron chi connectivity index (χ2n) is 2.17. The van der Waals surface area contributed by atoms with Gasteiger partial charge in [-0.15, -0.1) is 11.3 Å². The number of aryl methyl sites for hydroxylation is 1. The van der Waals surface area contributed by atoms with Crippen molar-refractivity contribution < 1.29 is 4.79 Å². The SMILES string of the molecule is Cc1sccc1C=CC(N)=O. The van der Waals surface area contributed by atoms with E-state index in [0.29, 0.717) is 0 Å². The zero-order chi connectivity index (χ0) is 8.27. The maximum atomic E-state index is 10.3. The van der Waals surface area contributed by atoms with Crippen LogP contribution in [0.2, 0.25) is 0 Å². The summed E-state index contributed by atoms with van der Waals surface area (Å²) in [6.07, 6.45) is 3.10. The van der Waals surface area contributed by atoms with E-state index >= 15 is 0 Å². The number of rotatable bonds is 2. The Labute approximate surface area is 69.3 Å². The molecule has 3 heteroatoms. The van der Waals surface area contributed by atoms with Crippen molar-refractivity contribution in [1.82, 2.24) is 0 Å². The van der Waals surface area contributed by atoms with Gasteiger partial charge in [0.1, 0.15) is 0 Å². The molecule has 0 unspecified atom stereocenters. The molecule has 11 heavy (non-hydrogen) atoms. The van der Waals surface area contributed by atoms with Gasteiger partial charge in [-0.05, 0) is 30.0 Å². The molecule has 1 amide bonds. The summed E-state index contributed by atoms with van der Waals surface area (Å²) in [6.45, 7) is 2.01. The first-order chi connectivity index (χ1) is 5.20. The smallest absolute Gasteiger partial charge is 0.241 e. The Hall–Kier alpha value is -1.09. The molecule has 1 aromatic rings. The molecule has 0 atom stereocenters. The molecule has 0 bridgehead atoms. The molecule has 1 aromatic heterocycles. The van der Waals surface area contributed by atoms with Crippen molar-refractivity contribution >= 4 is 23.3 Å². The van der Waals surface area contributed by atoms with Crippen molar-refractivity contribution in [3.63, 3.8) is 0 Å². The number of carbonyl (C=O) groups excluding carboxylic acids is 1. The van der Waals surface area contributed by atoms with Gasteiger partial charge in [0.15, 0.2) is 0 Å². The fraction of sp³-hybridized carbons (Fsp3) is 0.125. The van der Waals surface area contributed by atoms with Crippen LogP contribution in [-0.4, -0.2) is 5.91 Å². The average Bonchev–Trinajstić information content (AvgIpc) is 2.31. The molecular weight excluding hydrogens is 158 g/mol. The third kappa shape index (κ3) is 2.20. The highest BCUT2D eigenvalue weighted by molar-refractivity contribution is 7.10. The lowest BCUT2D eigenvalue weighted by molar-refractivity contribution is -0.113. The van der Waals surface area contributed by atoms with Crippen LogP contribution < -0.4 is 5.73 Å². The average molecular weight is 167 g/mol. The van der Waals surface area contributed by atoms with Crippen molar-refractivity contribution in [3.8, 4) is 0 Å². The summed E-state index contributed by atoms with van der Waals surface area (Å²) >= 11 is 1.65. The van der Waals surface area contributed by atoms with E-state index < -0.39 is 5.91 Å². The van der Waals surface area contributed by atoms with Gasteiger partial charge in [-0.25, -0.2) is 0 Å². The summed E-state index contributed by atoms with van der Waals surface area (Å²) in [4.78, 5) is 11.5. The van der Waals surface area contributed by atoms with Gasteiger partial charge < -0.3 is 5.73 Å². The van der Waals surface area contributed by atoms with Crippen molar-refractivity contribution in [3.05, 3.63) is 28.0 Å². The van der Waals surface area contributed by atoms with Crippen LogP contribution in [0.1, 0.15) is 10.4 Å². The molecule has 0 saturated heterocycles. The normalized spacial score (nSPS) is 10.6. The Morgan fingerprint density at radius 1 is 1.73 bits per heavy atom. The van der Waals surface area contributed by atoms with Crippen LogP contribution in [-0.2, 0) is 4.79 Å². The Morgan fingerprint density at radius 2 is 2.45 bits per heavy atom. The van der Waals surface area contributed by atoms with Crippen LogP contribution in [0, 0.1) is 6.92 Å². The summed E-state index contributed by atoms with van der Waals surface area (Å²) in [5.74, 6) is -0.407. The Morgan fingerprint density at radius 3 is 2.91 bits per heavy atom. The molecular formula is C8H9NOS. The zero-order valence-corrected chi connectivity index (χ0v) is 7.02. The van der Waals surface area contributed by atoms with Crippen LogP contribution in [0.3, 0.4) is 0 Å². The van der Waals surface area contributed by atoms with Crippen LogP contribution in [0.15, 0.2) is 17.5 Å². The number of primary amides is 1. The van der Waals surface area contributed by atoms with E-state index in [9.17, 15) is 4.79 Å². The molecule has 0 aliphatic rings. The standard InChI is InChI=1S/C8H9NOS/c1-6-7(4-5-11-6)2-3-8(9)10/h2-5H,1H3,(H2,9,10). The minimum Gasteiger partial charge on any atom is -0.366 e. The zero-order valence-electron chi connectivity index (χ0n) is 6.20. The number of carbonyl (C=O) groups is 1. The third-order valence-corrected chi connectivity index (χ3v) is 2.19. The fourth-order valence-corrected chi connectivity index (χ4v) is 1.43. The Bertz CT molecular complexity index is 288. The molecule has 1 rings (SSSR count). The third-order valence-electron chi connectivity index (χ3n) is 1.33. The predicted octanol–water partition coefficient (Wildman–Crippen LogP) is 1.56. The van der Waals surface area contributed by atoms with Crippen molar-refractivity contribution in [2.75, 3.05) is 0 Å². The van der Waals surface area contributed by atoms with Gasteiger partial charge in [0.25, 0.3) is 0 Å². The molecule has 2 nitrogen and oxygen atoms in total. The first-order valence-electron chi connectivity index (χ1n) is 3.22. The number of hydrogen-bond acceptors (Lipinski definition) is 2. The Balaban J connectivity index is 2.79. The molecule has 0 saturated carbocycles.